The Bertz CT molecular complexity index is 2280. The van der Waals surface area contributed by atoms with Crippen LogP contribution in [-0.2, 0) is 22.6 Å². The number of piperazine rings is 1. The number of anilines is 2. The second-order valence-electron chi connectivity index (χ2n) is 17.0. The molecule has 3 saturated heterocycles. The van der Waals surface area contributed by atoms with Crippen LogP contribution < -0.4 is 19.9 Å². The summed E-state index contributed by atoms with van der Waals surface area (Å²) >= 11 is 0. The molecule has 0 radical (unpaired) electrons. The van der Waals surface area contributed by atoms with E-state index in [-0.39, 0.29) is 24.3 Å². The molecule has 310 valence electrons. The fraction of sp³-hybridized carbons (Fsp3) is 0.512. The van der Waals surface area contributed by atoms with Gasteiger partial charge in [-0.2, -0.15) is 0 Å². The smallest absolute Gasteiger partial charge is 0.283 e. The number of halogens is 2. The Morgan fingerprint density at radius 2 is 1.73 bits per heavy atom. The van der Waals surface area contributed by atoms with Crippen LogP contribution in [0.15, 0.2) is 48.8 Å². The van der Waals surface area contributed by atoms with E-state index in [1.54, 1.807) is 22.2 Å². The van der Waals surface area contributed by atoms with Crippen LogP contribution in [0, 0.1) is 5.92 Å². The predicted molar refractivity (Wildman–Crippen MR) is 215 cm³/mol. The molecule has 3 atom stereocenters. The number of piperidine rings is 2. The Labute approximate surface area is 340 Å². The molecule has 14 nitrogen and oxygen atoms in total. The lowest BCUT2D eigenvalue weighted by Crippen LogP contribution is -2.57. The SMILES string of the molecule is O=C1CCC(N2Cc3c(ccc4c3OCC3CN(CCC5CCN(c6ncc(C7c8[nH]c9ccccc9c8CCN7CC(F)(F)CO)cn6)CC5)CCN43)C2=O)C(=O)N1. The van der Waals surface area contributed by atoms with Crippen molar-refractivity contribution >= 4 is 40.3 Å². The maximum Gasteiger partial charge on any atom is 0.283 e. The lowest BCUT2D eigenvalue weighted by atomic mass is 9.93. The third kappa shape index (κ3) is 6.97. The van der Waals surface area contributed by atoms with E-state index < -0.39 is 37.1 Å². The monoisotopic (exact) mass is 809 g/mol. The van der Waals surface area contributed by atoms with Crippen molar-refractivity contribution < 1.29 is 33.0 Å². The summed E-state index contributed by atoms with van der Waals surface area (Å²) in [4.78, 5) is 61.2. The Balaban J connectivity index is 0.737. The van der Waals surface area contributed by atoms with E-state index in [0.717, 1.165) is 103 Å². The Morgan fingerprint density at radius 3 is 2.53 bits per heavy atom. The molecule has 2 aromatic heterocycles. The summed E-state index contributed by atoms with van der Waals surface area (Å²) in [6.45, 7) is 4.90. The molecule has 16 heteroatoms. The molecule has 0 saturated carbocycles. The minimum atomic E-state index is -3.23. The number of nitrogens with one attached hydrogen (secondary N) is 2. The van der Waals surface area contributed by atoms with Gasteiger partial charge in [0.25, 0.3) is 11.8 Å². The maximum atomic E-state index is 14.6. The van der Waals surface area contributed by atoms with Gasteiger partial charge in [0.1, 0.15) is 25.0 Å². The number of nitrogens with zero attached hydrogens (tertiary/aromatic N) is 7. The highest BCUT2D eigenvalue weighted by atomic mass is 19.3. The van der Waals surface area contributed by atoms with Gasteiger partial charge in [-0.25, -0.2) is 18.7 Å². The maximum absolute atomic E-state index is 14.6. The van der Waals surface area contributed by atoms with Gasteiger partial charge >= 0.3 is 0 Å². The van der Waals surface area contributed by atoms with Crippen LogP contribution in [0.25, 0.3) is 10.9 Å². The first kappa shape index (κ1) is 38.0. The fourth-order valence-electron chi connectivity index (χ4n) is 10.4. The van der Waals surface area contributed by atoms with Gasteiger partial charge < -0.3 is 29.5 Å². The van der Waals surface area contributed by atoms with Crippen molar-refractivity contribution in [2.75, 3.05) is 75.4 Å². The number of para-hydroxylation sites is 1. The molecule has 3 N–H and O–H groups in total. The Morgan fingerprint density at radius 1 is 0.915 bits per heavy atom. The second kappa shape index (κ2) is 15.1. The number of aliphatic hydroxyl groups excluding tert-OH is 1. The van der Waals surface area contributed by atoms with Crippen LogP contribution in [0.1, 0.15) is 70.9 Å². The number of carbonyl (C=O) groups is 3. The minimum absolute atomic E-state index is 0.192. The van der Waals surface area contributed by atoms with Crippen LogP contribution >= 0.6 is 0 Å². The summed E-state index contributed by atoms with van der Waals surface area (Å²) in [5.41, 5.74) is 6.12. The number of aliphatic hydroxyl groups is 1. The number of benzene rings is 2. The summed E-state index contributed by atoms with van der Waals surface area (Å²) < 4.78 is 35.5. The third-order valence-corrected chi connectivity index (χ3v) is 13.5. The summed E-state index contributed by atoms with van der Waals surface area (Å²) in [6.07, 6.45) is 7.91. The highest BCUT2D eigenvalue weighted by Gasteiger charge is 2.43. The van der Waals surface area contributed by atoms with E-state index in [1.165, 1.54) is 0 Å². The molecule has 0 spiro atoms. The number of fused-ring (bicyclic) bond motifs is 8. The molecule has 3 fully saturated rings. The van der Waals surface area contributed by atoms with E-state index in [1.807, 2.05) is 30.3 Å². The average molecular weight is 810 g/mol. The molecule has 3 unspecified atom stereocenters. The molecule has 6 aliphatic rings. The molecule has 3 amide bonds. The van der Waals surface area contributed by atoms with E-state index in [2.05, 4.69) is 31.1 Å². The molecule has 6 aliphatic heterocycles. The van der Waals surface area contributed by atoms with Gasteiger partial charge in [0.2, 0.25) is 17.8 Å². The van der Waals surface area contributed by atoms with Crippen molar-refractivity contribution in [3.63, 3.8) is 0 Å². The van der Waals surface area contributed by atoms with Crippen LogP contribution in [0.5, 0.6) is 5.75 Å². The first-order chi connectivity index (χ1) is 28.6. The normalized spacial score (nSPS) is 24.2. The highest BCUT2D eigenvalue weighted by Crippen LogP contribution is 2.44. The summed E-state index contributed by atoms with van der Waals surface area (Å²) in [5, 5.41) is 12.9. The quantitative estimate of drug-likeness (QED) is 0.214. The summed E-state index contributed by atoms with van der Waals surface area (Å²) in [7, 11) is 0. The topological polar surface area (TPSA) is 150 Å². The van der Waals surface area contributed by atoms with Crippen molar-refractivity contribution in [1.29, 1.82) is 0 Å². The number of imide groups is 1. The number of amides is 3. The first-order valence-corrected chi connectivity index (χ1v) is 21.0. The summed E-state index contributed by atoms with van der Waals surface area (Å²) in [6, 6.07) is 10.9. The lowest BCUT2D eigenvalue weighted by Gasteiger charge is -2.46. The van der Waals surface area contributed by atoms with Crippen LogP contribution in [0.4, 0.5) is 20.4 Å². The van der Waals surface area contributed by atoms with Crippen molar-refractivity contribution in [1.82, 2.24) is 35.0 Å². The standard InChI is InChI=1S/C43H49F2N9O5/c44-43(45,25-55)24-52-16-12-30-29-3-1-2-4-33(29)48-37(30)38(52)27-19-46-42(47-20-27)51-14-10-26(11-15-51)9-13-50-17-18-53-28(21-50)23-59-39-32-22-54(35-7-8-36(56)49-40(35)57)41(58)31(32)5-6-34(39)53/h1-6,19-20,26,28,35,38,48,55H,7-18,21-25H2,(H,49,56,57). The highest BCUT2D eigenvalue weighted by molar-refractivity contribution is 6.06. The fourth-order valence-corrected chi connectivity index (χ4v) is 10.4. The van der Waals surface area contributed by atoms with Crippen LogP contribution in [0.2, 0.25) is 0 Å². The molecular formula is C43H49F2N9O5. The van der Waals surface area contributed by atoms with Gasteiger partial charge in [0.15, 0.2) is 0 Å². The number of rotatable bonds is 9. The van der Waals surface area contributed by atoms with E-state index in [4.69, 9.17) is 14.7 Å². The van der Waals surface area contributed by atoms with Gasteiger partial charge in [-0.3, -0.25) is 29.5 Å². The molecular weight excluding hydrogens is 761 g/mol. The van der Waals surface area contributed by atoms with E-state index >= 15 is 0 Å². The molecule has 4 aromatic rings. The number of alkyl halides is 2. The van der Waals surface area contributed by atoms with Crippen LogP contribution in [0.3, 0.4) is 0 Å². The zero-order chi connectivity index (χ0) is 40.4. The van der Waals surface area contributed by atoms with Gasteiger partial charge in [0, 0.05) is 91.4 Å². The van der Waals surface area contributed by atoms with E-state index in [9.17, 15) is 28.3 Å². The lowest BCUT2D eigenvalue weighted by molar-refractivity contribution is -0.136. The van der Waals surface area contributed by atoms with Crippen molar-refractivity contribution in [2.45, 2.75) is 69.1 Å². The van der Waals surface area contributed by atoms with E-state index in [0.29, 0.717) is 50.0 Å². The number of hydrogen-bond donors (Lipinski definition) is 3. The van der Waals surface area contributed by atoms with Crippen molar-refractivity contribution in [3.8, 4) is 5.75 Å². The first-order valence-electron chi connectivity index (χ1n) is 21.0. The number of aromatic amines is 1. The minimum Gasteiger partial charge on any atom is -0.489 e. The number of H-pyrrole nitrogens is 1. The number of aromatic nitrogens is 3. The molecule has 2 aromatic carbocycles. The predicted octanol–water partition coefficient (Wildman–Crippen LogP) is 3.48. The number of ether oxygens (including phenoxy) is 1. The molecule has 10 rings (SSSR count). The van der Waals surface area contributed by atoms with Gasteiger partial charge in [0.05, 0.1) is 30.9 Å². The number of hydrogen-bond acceptors (Lipinski definition) is 11. The van der Waals surface area contributed by atoms with Crippen LogP contribution in [-0.4, -0.2) is 136 Å². The third-order valence-electron chi connectivity index (χ3n) is 13.5. The molecule has 0 bridgehead atoms. The van der Waals surface area contributed by atoms with Crippen molar-refractivity contribution in [3.05, 3.63) is 76.7 Å². The van der Waals surface area contributed by atoms with Gasteiger partial charge in [-0.15, -0.1) is 0 Å². The van der Waals surface area contributed by atoms with Gasteiger partial charge in [-0.05, 0) is 68.3 Å². The molecule has 8 heterocycles. The summed E-state index contributed by atoms with van der Waals surface area (Å²) in [5.74, 6) is -2.16. The number of carbonyl (C=O) groups excluding carboxylic acids is 3. The molecule has 59 heavy (non-hydrogen) atoms. The zero-order valence-electron chi connectivity index (χ0n) is 32.9. The largest absolute Gasteiger partial charge is 0.489 e. The van der Waals surface area contributed by atoms with Crippen molar-refractivity contribution in [2.24, 2.45) is 5.92 Å². The zero-order valence-corrected chi connectivity index (χ0v) is 32.9. The van der Waals surface area contributed by atoms with Gasteiger partial charge in [-0.1, -0.05) is 18.2 Å². The average Bonchev–Trinajstić information content (AvgIpc) is 3.80. The second-order valence-corrected chi connectivity index (χ2v) is 17.0. The Kier molecular flexibility index (Phi) is 9.75. The Hall–Kier alpha value is -5.19. The molecule has 0 aliphatic carbocycles.